The van der Waals surface area contributed by atoms with Crippen molar-refractivity contribution in [1.82, 2.24) is 9.80 Å². The average Bonchev–Trinajstić information content (AvgIpc) is 3.30. The van der Waals surface area contributed by atoms with Crippen molar-refractivity contribution in [2.75, 3.05) is 19.7 Å². The fourth-order valence-electron chi connectivity index (χ4n) is 7.37. The summed E-state index contributed by atoms with van der Waals surface area (Å²) in [5.74, 6) is -2.66. The zero-order chi connectivity index (χ0) is 27.1. The van der Waals surface area contributed by atoms with Gasteiger partial charge in [-0.25, -0.2) is 0 Å². The number of carbonyl (C=O) groups excluding carboxylic acids is 2. The highest BCUT2D eigenvalue weighted by molar-refractivity contribution is 8.02. The number of aliphatic hydroxyl groups excluding tert-OH is 1. The molecule has 3 aliphatic heterocycles. The minimum atomic E-state index is -0.933. The molecule has 0 aromatic heterocycles. The lowest BCUT2D eigenvalue weighted by molar-refractivity contribution is -0.150. The SMILES string of the molecule is C=CCN(C(=O)C1N(CCCCCCO)C(=O)[C@@H]2[C@@H](C(=O)O)[C@@]3(C)CCC12S3)C(C)(C)CC(C)(C)C. The maximum absolute atomic E-state index is 14.6. The first-order valence-corrected chi connectivity index (χ1v) is 14.2. The highest BCUT2D eigenvalue weighted by Gasteiger charge is 2.77. The van der Waals surface area contributed by atoms with Crippen LogP contribution in [0, 0.1) is 17.3 Å². The fraction of sp³-hybridized carbons (Fsp3) is 0.821. The summed E-state index contributed by atoms with van der Waals surface area (Å²) in [6, 6.07) is -0.678. The normalized spacial score (nSPS) is 31.6. The quantitative estimate of drug-likeness (QED) is 0.292. The predicted octanol–water partition coefficient (Wildman–Crippen LogP) is 4.33. The molecule has 2 N–H and O–H groups in total. The van der Waals surface area contributed by atoms with Crippen LogP contribution < -0.4 is 0 Å². The Morgan fingerprint density at radius 1 is 1.17 bits per heavy atom. The predicted molar refractivity (Wildman–Crippen MR) is 144 cm³/mol. The second-order valence-electron chi connectivity index (χ2n) is 13.0. The Balaban J connectivity index is 2.02. The molecule has 204 valence electrons. The standard InChI is InChI=1S/C28H46N2O5S/c1-8-15-30(26(5,6)18-25(2,3)4)23(33)21-28-14-13-27(7,36-28)20(24(34)35)19(28)22(32)29(21)16-11-9-10-12-17-31/h8,19-21,31H,1,9-18H2,2-7H3,(H,34,35)/t19-,20-,21?,27+,28?/m0/s1. The third-order valence-corrected chi connectivity index (χ3v) is 10.3. The van der Waals surface area contributed by atoms with Gasteiger partial charge in [0.05, 0.1) is 16.6 Å². The summed E-state index contributed by atoms with van der Waals surface area (Å²) in [5.41, 5.74) is -0.476. The number of unbranched alkanes of at least 4 members (excludes halogenated alkanes) is 3. The second kappa shape index (κ2) is 10.3. The van der Waals surface area contributed by atoms with E-state index in [9.17, 15) is 19.5 Å². The fourth-order valence-corrected chi connectivity index (χ4v) is 9.72. The van der Waals surface area contributed by atoms with Gasteiger partial charge in [-0.3, -0.25) is 14.4 Å². The number of thioether (sulfide) groups is 1. The van der Waals surface area contributed by atoms with E-state index in [0.29, 0.717) is 32.4 Å². The molecule has 0 aromatic rings. The number of hydrogen-bond donors (Lipinski definition) is 2. The Labute approximate surface area is 221 Å². The Kier molecular flexibility index (Phi) is 8.32. The summed E-state index contributed by atoms with van der Waals surface area (Å²) in [4.78, 5) is 44.5. The summed E-state index contributed by atoms with van der Waals surface area (Å²) in [7, 11) is 0. The number of likely N-dealkylation sites (tertiary alicyclic amines) is 1. The van der Waals surface area contributed by atoms with Gasteiger partial charge in [-0.1, -0.05) is 39.7 Å². The number of carbonyl (C=O) groups is 3. The number of carboxylic acid groups (broad SMARTS) is 1. The molecule has 0 radical (unpaired) electrons. The number of hydrogen-bond acceptors (Lipinski definition) is 5. The second-order valence-corrected chi connectivity index (χ2v) is 14.9. The van der Waals surface area contributed by atoms with Crippen molar-refractivity contribution in [3.05, 3.63) is 12.7 Å². The lowest BCUT2D eigenvalue weighted by Crippen LogP contribution is -2.60. The summed E-state index contributed by atoms with van der Waals surface area (Å²) in [6.07, 6.45) is 7.04. The minimum Gasteiger partial charge on any atom is -0.481 e. The van der Waals surface area contributed by atoms with Gasteiger partial charge >= 0.3 is 5.97 Å². The molecule has 3 rings (SSSR count). The first kappa shape index (κ1) is 29.0. The number of aliphatic carboxylic acids is 1. The van der Waals surface area contributed by atoms with Crippen LogP contribution in [0.3, 0.4) is 0 Å². The molecule has 3 saturated heterocycles. The molecule has 0 aromatic carbocycles. The summed E-state index contributed by atoms with van der Waals surface area (Å²) < 4.78 is -1.25. The molecule has 36 heavy (non-hydrogen) atoms. The summed E-state index contributed by atoms with van der Waals surface area (Å²) in [6.45, 7) is 17.4. The Morgan fingerprint density at radius 3 is 2.36 bits per heavy atom. The number of rotatable bonds is 12. The maximum Gasteiger partial charge on any atom is 0.308 e. The van der Waals surface area contributed by atoms with Crippen molar-refractivity contribution < 1.29 is 24.6 Å². The van der Waals surface area contributed by atoms with E-state index in [-0.39, 0.29) is 23.8 Å². The number of aliphatic hydroxyl groups is 1. The average molecular weight is 523 g/mol. The smallest absolute Gasteiger partial charge is 0.308 e. The van der Waals surface area contributed by atoms with Gasteiger partial charge in [0, 0.05) is 30.0 Å². The molecule has 3 fully saturated rings. The molecule has 7 nitrogen and oxygen atoms in total. The van der Waals surface area contributed by atoms with Crippen LogP contribution in [0.15, 0.2) is 12.7 Å². The zero-order valence-electron chi connectivity index (χ0n) is 23.0. The van der Waals surface area contributed by atoms with Crippen LogP contribution in [0.4, 0.5) is 0 Å². The van der Waals surface area contributed by atoms with Gasteiger partial charge in [0.2, 0.25) is 11.8 Å². The third kappa shape index (κ3) is 5.09. The molecule has 3 aliphatic rings. The van der Waals surface area contributed by atoms with Crippen LogP contribution in [0.2, 0.25) is 0 Å². The minimum absolute atomic E-state index is 0.00957. The molecule has 2 bridgehead atoms. The van der Waals surface area contributed by atoms with Gasteiger partial charge in [0.1, 0.15) is 6.04 Å². The largest absolute Gasteiger partial charge is 0.481 e. The topological polar surface area (TPSA) is 98.2 Å². The summed E-state index contributed by atoms with van der Waals surface area (Å²) in [5, 5.41) is 19.3. The number of amides is 2. The molecule has 0 aliphatic carbocycles. The highest BCUT2D eigenvalue weighted by atomic mass is 32.2. The molecule has 2 unspecified atom stereocenters. The Morgan fingerprint density at radius 2 is 1.81 bits per heavy atom. The van der Waals surface area contributed by atoms with E-state index in [0.717, 1.165) is 25.7 Å². The maximum atomic E-state index is 14.6. The Bertz CT molecular complexity index is 884. The molecule has 1 spiro atoms. The zero-order valence-corrected chi connectivity index (χ0v) is 23.8. The highest BCUT2D eigenvalue weighted by Crippen LogP contribution is 2.71. The van der Waals surface area contributed by atoms with Crippen molar-refractivity contribution in [2.45, 2.75) is 108 Å². The van der Waals surface area contributed by atoms with Crippen LogP contribution in [-0.2, 0) is 14.4 Å². The lowest BCUT2D eigenvalue weighted by atomic mass is 9.66. The van der Waals surface area contributed by atoms with E-state index in [4.69, 9.17) is 5.11 Å². The lowest BCUT2D eigenvalue weighted by Gasteiger charge is -2.46. The summed E-state index contributed by atoms with van der Waals surface area (Å²) >= 11 is 1.59. The number of fused-ring (bicyclic) bond motifs is 1. The molecule has 5 atom stereocenters. The van der Waals surface area contributed by atoms with Crippen LogP contribution in [0.1, 0.15) is 86.5 Å². The van der Waals surface area contributed by atoms with E-state index in [2.05, 4.69) is 41.2 Å². The molecule has 3 heterocycles. The Hall–Kier alpha value is -1.54. The van der Waals surface area contributed by atoms with Gasteiger partial charge in [0.25, 0.3) is 0 Å². The van der Waals surface area contributed by atoms with Crippen molar-refractivity contribution >= 4 is 29.5 Å². The van der Waals surface area contributed by atoms with Crippen LogP contribution in [-0.4, -0.2) is 78.6 Å². The van der Waals surface area contributed by atoms with E-state index in [1.807, 2.05) is 11.8 Å². The van der Waals surface area contributed by atoms with E-state index < -0.39 is 38.9 Å². The number of carboxylic acids is 1. The molecule has 2 amide bonds. The molecule has 8 heteroatoms. The van der Waals surface area contributed by atoms with E-state index in [1.165, 1.54) is 0 Å². The monoisotopic (exact) mass is 522 g/mol. The van der Waals surface area contributed by atoms with Gasteiger partial charge in [-0.2, -0.15) is 0 Å². The van der Waals surface area contributed by atoms with E-state index in [1.54, 1.807) is 22.7 Å². The number of nitrogens with zero attached hydrogens (tertiary/aromatic N) is 2. The van der Waals surface area contributed by atoms with Crippen LogP contribution in [0.5, 0.6) is 0 Å². The van der Waals surface area contributed by atoms with Crippen molar-refractivity contribution in [1.29, 1.82) is 0 Å². The van der Waals surface area contributed by atoms with Crippen molar-refractivity contribution in [2.24, 2.45) is 17.3 Å². The van der Waals surface area contributed by atoms with Crippen LogP contribution in [0.25, 0.3) is 0 Å². The first-order chi connectivity index (χ1) is 16.6. The van der Waals surface area contributed by atoms with Gasteiger partial charge < -0.3 is 20.0 Å². The van der Waals surface area contributed by atoms with Crippen molar-refractivity contribution in [3.63, 3.8) is 0 Å². The van der Waals surface area contributed by atoms with Crippen molar-refractivity contribution in [3.8, 4) is 0 Å². The van der Waals surface area contributed by atoms with Gasteiger partial charge in [-0.05, 0) is 58.3 Å². The molecular formula is C28H46N2O5S. The third-order valence-electron chi connectivity index (χ3n) is 8.36. The molecule has 0 saturated carbocycles. The van der Waals surface area contributed by atoms with Gasteiger partial charge in [0.15, 0.2) is 0 Å². The van der Waals surface area contributed by atoms with Gasteiger partial charge in [-0.15, -0.1) is 18.3 Å². The van der Waals surface area contributed by atoms with Crippen LogP contribution >= 0.6 is 11.8 Å². The first-order valence-electron chi connectivity index (χ1n) is 13.4. The van der Waals surface area contributed by atoms with E-state index >= 15 is 0 Å². The molecular weight excluding hydrogens is 476 g/mol.